The molecule has 0 radical (unpaired) electrons. The third-order valence-electron chi connectivity index (χ3n) is 1.18. The maximum absolute atomic E-state index is 10.0. The second kappa shape index (κ2) is 2.57. The number of nitrogens with zero attached hydrogens (tertiary/aromatic N) is 3. The van der Waals surface area contributed by atoms with Crippen LogP contribution < -0.4 is 0 Å². The summed E-state index contributed by atoms with van der Waals surface area (Å²) in [6.45, 7) is 0. The van der Waals surface area contributed by atoms with Crippen molar-refractivity contribution in [1.29, 1.82) is 0 Å². The summed E-state index contributed by atoms with van der Waals surface area (Å²) in [7, 11) is 1.61. The van der Waals surface area contributed by atoms with Crippen LogP contribution in [-0.2, 0) is 11.8 Å². The Bertz CT molecular complexity index is 233. The quantitative estimate of drug-likeness (QED) is 0.539. The summed E-state index contributed by atoms with van der Waals surface area (Å²) >= 11 is 0. The van der Waals surface area contributed by atoms with Gasteiger partial charge >= 0.3 is 0 Å². The zero-order valence-electron chi connectivity index (χ0n) is 5.43. The molecule has 0 amide bonds. The summed E-state index contributed by atoms with van der Waals surface area (Å²) in [5.74, 6) is 0. The number of aliphatic hydroxyl groups is 1. The molecule has 1 unspecified atom stereocenters. The van der Waals surface area contributed by atoms with Crippen LogP contribution >= 0.6 is 0 Å². The van der Waals surface area contributed by atoms with Gasteiger partial charge in [0.15, 0.2) is 12.4 Å². The maximum Gasteiger partial charge on any atom is 0.154 e. The van der Waals surface area contributed by atoms with Gasteiger partial charge < -0.3 is 9.90 Å². The molecule has 54 valence electrons. The van der Waals surface area contributed by atoms with Crippen molar-refractivity contribution in [3.63, 3.8) is 0 Å². The highest BCUT2D eigenvalue weighted by Gasteiger charge is 2.09. The molecule has 1 atom stereocenters. The van der Waals surface area contributed by atoms with E-state index in [4.69, 9.17) is 5.11 Å². The molecule has 0 aliphatic carbocycles. The summed E-state index contributed by atoms with van der Waals surface area (Å²) in [5.41, 5.74) is 0.398. The van der Waals surface area contributed by atoms with Crippen molar-refractivity contribution in [2.45, 2.75) is 6.10 Å². The van der Waals surface area contributed by atoms with Crippen molar-refractivity contribution in [3.8, 4) is 0 Å². The van der Waals surface area contributed by atoms with Crippen LogP contribution in [0, 0.1) is 0 Å². The first-order valence-electron chi connectivity index (χ1n) is 2.73. The highest BCUT2D eigenvalue weighted by atomic mass is 16.3. The molecular weight excluding hydrogens is 134 g/mol. The third kappa shape index (κ3) is 1.03. The number of carbonyl (C=O) groups is 1. The number of aromatic nitrogens is 3. The fourth-order valence-corrected chi connectivity index (χ4v) is 0.635. The molecule has 0 aliphatic heterocycles. The van der Waals surface area contributed by atoms with Gasteiger partial charge in [-0.3, -0.25) is 0 Å². The van der Waals surface area contributed by atoms with Gasteiger partial charge in [0.1, 0.15) is 0 Å². The Hall–Kier alpha value is -1.23. The number of rotatable bonds is 2. The molecule has 0 spiro atoms. The lowest BCUT2D eigenvalue weighted by Gasteiger charge is -1.99. The number of hydrogen-bond acceptors (Lipinski definition) is 4. The lowest BCUT2D eigenvalue weighted by atomic mass is 10.3. The van der Waals surface area contributed by atoms with Crippen LogP contribution in [0.2, 0.25) is 0 Å². The van der Waals surface area contributed by atoms with Gasteiger partial charge in [0.05, 0.1) is 11.9 Å². The SMILES string of the molecule is Cn1nncc1C(O)C=O. The Kier molecular flexibility index (Phi) is 1.77. The van der Waals surface area contributed by atoms with Gasteiger partial charge in [0.2, 0.25) is 0 Å². The van der Waals surface area contributed by atoms with Crippen LogP contribution in [0.4, 0.5) is 0 Å². The van der Waals surface area contributed by atoms with Crippen molar-refractivity contribution in [3.05, 3.63) is 11.9 Å². The molecule has 0 saturated carbocycles. The van der Waals surface area contributed by atoms with Gasteiger partial charge in [-0.2, -0.15) is 0 Å². The Labute approximate surface area is 57.3 Å². The Balaban J connectivity index is 2.92. The highest BCUT2D eigenvalue weighted by molar-refractivity contribution is 5.57. The lowest BCUT2D eigenvalue weighted by Crippen LogP contribution is -2.05. The van der Waals surface area contributed by atoms with E-state index in [-0.39, 0.29) is 0 Å². The molecule has 0 bridgehead atoms. The van der Waals surface area contributed by atoms with Gasteiger partial charge in [-0.1, -0.05) is 5.21 Å². The fraction of sp³-hybridized carbons (Fsp3) is 0.400. The van der Waals surface area contributed by atoms with E-state index in [1.54, 1.807) is 7.05 Å². The van der Waals surface area contributed by atoms with Crippen LogP contribution in [0.25, 0.3) is 0 Å². The molecule has 1 rings (SSSR count). The molecule has 0 saturated heterocycles. The van der Waals surface area contributed by atoms with E-state index in [0.717, 1.165) is 0 Å². The molecule has 1 aromatic rings. The standard InChI is InChI=1S/C5H7N3O2/c1-8-4(2-6-7-8)5(10)3-9/h2-3,5,10H,1H3. The smallest absolute Gasteiger partial charge is 0.154 e. The van der Waals surface area contributed by atoms with Crippen LogP contribution in [0.1, 0.15) is 11.8 Å². The summed E-state index contributed by atoms with van der Waals surface area (Å²) in [4.78, 5) is 10.0. The van der Waals surface area contributed by atoms with E-state index in [2.05, 4.69) is 10.3 Å². The molecule has 10 heavy (non-hydrogen) atoms. The normalized spacial score (nSPS) is 13.0. The first kappa shape index (κ1) is 6.88. The van der Waals surface area contributed by atoms with E-state index in [0.29, 0.717) is 12.0 Å². The van der Waals surface area contributed by atoms with Crippen molar-refractivity contribution < 1.29 is 9.90 Å². The fourth-order valence-electron chi connectivity index (χ4n) is 0.635. The third-order valence-corrected chi connectivity index (χ3v) is 1.18. The van der Waals surface area contributed by atoms with Gasteiger partial charge in [0, 0.05) is 7.05 Å². The molecule has 1 N–H and O–H groups in total. The van der Waals surface area contributed by atoms with E-state index in [1.165, 1.54) is 10.9 Å². The molecule has 1 heterocycles. The van der Waals surface area contributed by atoms with E-state index in [1.807, 2.05) is 0 Å². The summed E-state index contributed by atoms with van der Waals surface area (Å²) in [6, 6.07) is 0. The second-order valence-electron chi connectivity index (χ2n) is 1.86. The Morgan fingerprint density at radius 2 is 2.60 bits per heavy atom. The van der Waals surface area contributed by atoms with Gasteiger partial charge in [-0.25, -0.2) is 4.68 Å². The number of hydrogen-bond donors (Lipinski definition) is 1. The van der Waals surface area contributed by atoms with Gasteiger partial charge in [-0.15, -0.1) is 5.10 Å². The minimum atomic E-state index is -1.11. The van der Waals surface area contributed by atoms with Crippen molar-refractivity contribution in [2.24, 2.45) is 7.05 Å². The first-order chi connectivity index (χ1) is 4.75. The molecule has 0 fully saturated rings. The minimum absolute atomic E-state index is 0.398. The lowest BCUT2D eigenvalue weighted by molar-refractivity contribution is -0.115. The Morgan fingerprint density at radius 3 is 3.00 bits per heavy atom. The number of carbonyl (C=O) groups excluding carboxylic acids is 1. The van der Waals surface area contributed by atoms with Crippen LogP contribution in [-0.4, -0.2) is 26.4 Å². The van der Waals surface area contributed by atoms with E-state index >= 15 is 0 Å². The second-order valence-corrected chi connectivity index (χ2v) is 1.86. The van der Waals surface area contributed by atoms with Gasteiger partial charge in [0.25, 0.3) is 0 Å². The summed E-state index contributed by atoms with van der Waals surface area (Å²) in [5, 5.41) is 15.9. The van der Waals surface area contributed by atoms with Crippen molar-refractivity contribution in [1.82, 2.24) is 15.0 Å². The largest absolute Gasteiger partial charge is 0.379 e. The van der Waals surface area contributed by atoms with Crippen LogP contribution in [0.3, 0.4) is 0 Å². The number of aliphatic hydroxyl groups excluding tert-OH is 1. The highest BCUT2D eigenvalue weighted by Crippen LogP contribution is 2.04. The molecular formula is C5H7N3O2. The predicted molar refractivity (Wildman–Crippen MR) is 32.0 cm³/mol. The van der Waals surface area contributed by atoms with E-state index in [9.17, 15) is 4.79 Å². The van der Waals surface area contributed by atoms with E-state index < -0.39 is 6.10 Å². The molecule has 0 aliphatic rings. The Morgan fingerprint density at radius 1 is 1.90 bits per heavy atom. The van der Waals surface area contributed by atoms with Gasteiger partial charge in [-0.05, 0) is 0 Å². The number of aldehydes is 1. The number of aryl methyl sites for hydroxylation is 1. The van der Waals surface area contributed by atoms with Crippen molar-refractivity contribution >= 4 is 6.29 Å². The topological polar surface area (TPSA) is 68.0 Å². The predicted octanol–water partition coefficient (Wildman–Crippen LogP) is -0.953. The average Bonchev–Trinajstić information content (AvgIpc) is 2.34. The maximum atomic E-state index is 10.0. The minimum Gasteiger partial charge on any atom is -0.379 e. The first-order valence-corrected chi connectivity index (χ1v) is 2.73. The molecule has 0 aromatic carbocycles. The molecule has 5 heteroatoms. The summed E-state index contributed by atoms with van der Waals surface area (Å²) < 4.78 is 1.35. The molecule has 1 aromatic heterocycles. The summed E-state index contributed by atoms with van der Waals surface area (Å²) in [6.07, 6.45) is 0.664. The van der Waals surface area contributed by atoms with Crippen molar-refractivity contribution in [2.75, 3.05) is 0 Å². The van der Waals surface area contributed by atoms with Crippen LogP contribution in [0.5, 0.6) is 0 Å². The zero-order valence-corrected chi connectivity index (χ0v) is 5.43. The van der Waals surface area contributed by atoms with Crippen LogP contribution in [0.15, 0.2) is 6.20 Å². The average molecular weight is 141 g/mol. The molecule has 5 nitrogen and oxygen atoms in total. The monoisotopic (exact) mass is 141 g/mol. The zero-order chi connectivity index (χ0) is 7.56.